The Morgan fingerprint density at radius 3 is 2.92 bits per heavy atom. The van der Waals surface area contributed by atoms with E-state index in [1.54, 1.807) is 0 Å². The first-order chi connectivity index (χ1) is 5.45. The summed E-state index contributed by atoms with van der Waals surface area (Å²) in [7, 11) is 0. The van der Waals surface area contributed by atoms with Crippen LogP contribution in [0.5, 0.6) is 0 Å². The first-order valence-corrected chi connectivity index (χ1v) is 3.88. The molecule has 2 heteroatoms. The van der Waals surface area contributed by atoms with Crippen LogP contribution in [-0.2, 0) is 4.74 Å². The molecule has 1 saturated heterocycles. The molecule has 1 nitrogen and oxygen atoms in total. The van der Waals surface area contributed by atoms with E-state index in [0.717, 1.165) is 0 Å². The van der Waals surface area contributed by atoms with Gasteiger partial charge in [0.15, 0.2) is 0 Å². The SMILES string of the molecule is C1=CC2OC2c2ccccc21.[Na]. The zero-order valence-corrected chi connectivity index (χ0v) is 9.03. The zero-order chi connectivity index (χ0) is 7.26. The Morgan fingerprint density at radius 1 is 1.17 bits per heavy atom. The normalized spacial score (nSPS) is 28.3. The monoisotopic (exact) mass is 167 g/mol. The summed E-state index contributed by atoms with van der Waals surface area (Å²) in [6.45, 7) is 0. The van der Waals surface area contributed by atoms with E-state index in [9.17, 15) is 0 Å². The van der Waals surface area contributed by atoms with Crippen molar-refractivity contribution in [2.45, 2.75) is 12.2 Å². The van der Waals surface area contributed by atoms with Gasteiger partial charge in [0.25, 0.3) is 0 Å². The quantitative estimate of drug-likeness (QED) is 0.424. The minimum absolute atomic E-state index is 0. The van der Waals surface area contributed by atoms with Gasteiger partial charge < -0.3 is 4.74 Å². The summed E-state index contributed by atoms with van der Waals surface area (Å²) in [5, 5.41) is 0. The van der Waals surface area contributed by atoms with Crippen molar-refractivity contribution in [3.05, 3.63) is 41.5 Å². The van der Waals surface area contributed by atoms with Crippen LogP contribution in [0.2, 0.25) is 0 Å². The van der Waals surface area contributed by atoms with Gasteiger partial charge in [-0.25, -0.2) is 0 Å². The van der Waals surface area contributed by atoms with Gasteiger partial charge in [0, 0.05) is 29.6 Å². The molecule has 2 unspecified atom stereocenters. The third kappa shape index (κ3) is 1.17. The van der Waals surface area contributed by atoms with E-state index in [2.05, 4.69) is 36.4 Å². The summed E-state index contributed by atoms with van der Waals surface area (Å²) in [4.78, 5) is 0. The number of hydrogen-bond acceptors (Lipinski definition) is 1. The second kappa shape index (κ2) is 3.00. The second-order valence-electron chi connectivity index (χ2n) is 3.01. The van der Waals surface area contributed by atoms with Crippen LogP contribution in [0, 0.1) is 0 Å². The molecule has 0 aromatic heterocycles. The van der Waals surface area contributed by atoms with Crippen molar-refractivity contribution < 1.29 is 4.74 Å². The Bertz CT molecular complexity index is 332. The Kier molecular flexibility index (Phi) is 2.13. The molecule has 55 valence electrons. The molecule has 1 fully saturated rings. The predicted octanol–water partition coefficient (Wildman–Crippen LogP) is 1.77. The average Bonchev–Trinajstić information content (AvgIpc) is 2.83. The van der Waals surface area contributed by atoms with Crippen molar-refractivity contribution >= 4 is 35.6 Å². The first kappa shape index (κ1) is 8.52. The van der Waals surface area contributed by atoms with E-state index in [-0.39, 0.29) is 29.6 Å². The zero-order valence-electron chi connectivity index (χ0n) is 7.03. The molecule has 2 aliphatic rings. The number of benzene rings is 1. The number of rotatable bonds is 0. The van der Waals surface area contributed by atoms with Gasteiger partial charge in [0.2, 0.25) is 0 Å². The van der Waals surface area contributed by atoms with E-state index < -0.39 is 0 Å². The molecule has 1 aromatic carbocycles. The van der Waals surface area contributed by atoms with Crippen LogP contribution >= 0.6 is 0 Å². The first-order valence-electron chi connectivity index (χ1n) is 3.88. The summed E-state index contributed by atoms with van der Waals surface area (Å²) in [5.74, 6) is 0. The van der Waals surface area contributed by atoms with Crippen molar-refractivity contribution in [1.29, 1.82) is 0 Å². The fourth-order valence-corrected chi connectivity index (χ4v) is 1.64. The Hall–Kier alpha value is -0.0800. The minimum Gasteiger partial charge on any atom is -0.360 e. The van der Waals surface area contributed by atoms with Crippen LogP contribution in [0.1, 0.15) is 17.2 Å². The molecule has 1 aromatic rings. The molecule has 0 amide bonds. The van der Waals surface area contributed by atoms with Crippen LogP contribution in [0.4, 0.5) is 0 Å². The van der Waals surface area contributed by atoms with Crippen molar-refractivity contribution in [1.82, 2.24) is 0 Å². The third-order valence-corrected chi connectivity index (χ3v) is 2.29. The fraction of sp³-hybridized carbons (Fsp3) is 0.200. The van der Waals surface area contributed by atoms with Gasteiger partial charge in [-0.2, -0.15) is 0 Å². The molecular weight excluding hydrogens is 159 g/mol. The van der Waals surface area contributed by atoms with Gasteiger partial charge in [0.1, 0.15) is 12.2 Å². The second-order valence-corrected chi connectivity index (χ2v) is 3.01. The van der Waals surface area contributed by atoms with Crippen molar-refractivity contribution in [3.8, 4) is 0 Å². The van der Waals surface area contributed by atoms with Crippen LogP contribution in [0.3, 0.4) is 0 Å². The largest absolute Gasteiger partial charge is 0.360 e. The molecule has 12 heavy (non-hydrogen) atoms. The Labute approximate surface area is 93.7 Å². The molecule has 1 heterocycles. The molecule has 1 radical (unpaired) electrons. The van der Waals surface area contributed by atoms with E-state index in [1.165, 1.54) is 11.1 Å². The molecule has 0 saturated carbocycles. The third-order valence-electron chi connectivity index (χ3n) is 2.29. The van der Waals surface area contributed by atoms with E-state index in [4.69, 9.17) is 4.74 Å². The number of fused-ring (bicyclic) bond motifs is 3. The maximum atomic E-state index is 5.42. The van der Waals surface area contributed by atoms with Crippen LogP contribution in [0.25, 0.3) is 6.08 Å². The van der Waals surface area contributed by atoms with Crippen LogP contribution < -0.4 is 0 Å². The van der Waals surface area contributed by atoms with Crippen molar-refractivity contribution in [3.63, 3.8) is 0 Å². The van der Waals surface area contributed by atoms with Gasteiger partial charge in [-0.05, 0) is 11.1 Å². The summed E-state index contributed by atoms with van der Waals surface area (Å²) in [6, 6.07) is 8.40. The van der Waals surface area contributed by atoms with E-state index >= 15 is 0 Å². The molecule has 2 atom stereocenters. The maximum absolute atomic E-state index is 5.42. The summed E-state index contributed by atoms with van der Waals surface area (Å²) in [6.07, 6.45) is 5.03. The fourth-order valence-electron chi connectivity index (χ4n) is 1.64. The van der Waals surface area contributed by atoms with Crippen LogP contribution in [-0.4, -0.2) is 35.7 Å². The van der Waals surface area contributed by atoms with Gasteiger partial charge >= 0.3 is 0 Å². The molecule has 3 rings (SSSR count). The van der Waals surface area contributed by atoms with Gasteiger partial charge in [-0.1, -0.05) is 36.4 Å². The predicted molar refractivity (Wildman–Crippen MR) is 48.8 cm³/mol. The molecule has 0 spiro atoms. The Morgan fingerprint density at radius 2 is 2.00 bits per heavy atom. The Balaban J connectivity index is 0.000000563. The molecule has 1 aliphatic heterocycles. The number of ether oxygens (including phenoxy) is 1. The topological polar surface area (TPSA) is 12.5 Å². The minimum atomic E-state index is 0. The summed E-state index contributed by atoms with van der Waals surface area (Å²) < 4.78 is 5.42. The van der Waals surface area contributed by atoms with E-state index in [0.29, 0.717) is 12.2 Å². The van der Waals surface area contributed by atoms with Crippen LogP contribution in [0.15, 0.2) is 30.3 Å². The number of epoxide rings is 1. The van der Waals surface area contributed by atoms with Gasteiger partial charge in [0.05, 0.1) is 0 Å². The molecule has 0 bridgehead atoms. The van der Waals surface area contributed by atoms with Crippen molar-refractivity contribution in [2.24, 2.45) is 0 Å². The number of hydrogen-bond donors (Lipinski definition) is 0. The van der Waals surface area contributed by atoms with Crippen molar-refractivity contribution in [2.75, 3.05) is 0 Å². The maximum Gasteiger partial charge on any atom is 0.114 e. The summed E-state index contributed by atoms with van der Waals surface area (Å²) >= 11 is 0. The molecular formula is C10H8NaO. The molecule has 1 aliphatic carbocycles. The summed E-state index contributed by atoms with van der Waals surface area (Å²) in [5.41, 5.74) is 2.66. The standard InChI is InChI=1S/C10H8O.Na/c1-2-4-8-7(3-1)5-6-9-10(8)11-9;/h1-6,9-10H;. The van der Waals surface area contributed by atoms with Gasteiger partial charge in [-0.3, -0.25) is 0 Å². The van der Waals surface area contributed by atoms with E-state index in [1.807, 2.05) is 0 Å². The average molecular weight is 167 g/mol. The smallest absolute Gasteiger partial charge is 0.114 e. The molecule has 0 N–H and O–H groups in total. The van der Waals surface area contributed by atoms with Gasteiger partial charge in [-0.15, -0.1) is 0 Å².